The minimum Gasteiger partial charge on any atom is -0.493 e. The van der Waals surface area contributed by atoms with Crippen LogP contribution < -0.4 is 10.1 Å². The molecule has 184 valence electrons. The third-order valence-corrected chi connectivity index (χ3v) is 7.73. The number of nitrogens with zero attached hydrogens (tertiary/aromatic N) is 4. The number of sulfone groups is 1. The summed E-state index contributed by atoms with van der Waals surface area (Å²) in [4.78, 5) is 13.3. The van der Waals surface area contributed by atoms with Crippen molar-refractivity contribution in [1.29, 1.82) is 0 Å². The maximum atomic E-state index is 14.6. The molecule has 10 heteroatoms. The second kappa shape index (κ2) is 8.41. The van der Waals surface area contributed by atoms with Crippen LogP contribution in [0.3, 0.4) is 0 Å². The van der Waals surface area contributed by atoms with Crippen molar-refractivity contribution in [1.82, 2.24) is 19.4 Å². The molecule has 1 aliphatic heterocycles. The summed E-state index contributed by atoms with van der Waals surface area (Å²) in [6.45, 7) is 2.82. The van der Waals surface area contributed by atoms with Crippen molar-refractivity contribution in [2.45, 2.75) is 31.3 Å². The summed E-state index contributed by atoms with van der Waals surface area (Å²) in [6.07, 6.45) is 9.75. The largest absolute Gasteiger partial charge is 0.493 e. The van der Waals surface area contributed by atoms with E-state index in [2.05, 4.69) is 33.3 Å². The maximum absolute atomic E-state index is 14.6. The van der Waals surface area contributed by atoms with Gasteiger partial charge in [-0.25, -0.2) is 22.8 Å². The van der Waals surface area contributed by atoms with Crippen LogP contribution in [0.15, 0.2) is 54.1 Å². The molecular weight excluding hydrogens is 481 g/mol. The molecule has 0 amide bonds. The third-order valence-electron chi connectivity index (χ3n) is 6.73. The summed E-state index contributed by atoms with van der Waals surface area (Å²) in [5, 5.41) is 3.11. The van der Waals surface area contributed by atoms with Crippen LogP contribution in [0, 0.1) is 11.7 Å². The van der Waals surface area contributed by atoms with Gasteiger partial charge in [0, 0.05) is 59.8 Å². The molecule has 1 atom stereocenters. The predicted molar refractivity (Wildman–Crippen MR) is 134 cm³/mol. The molecule has 0 saturated carbocycles. The number of imidazole rings is 1. The average Bonchev–Trinajstić information content (AvgIpc) is 3.25. The summed E-state index contributed by atoms with van der Waals surface area (Å²) in [5.41, 5.74) is 5.21. The number of ether oxygens (including phenoxy) is 1. The number of nitrogens with one attached hydrogen (secondary N) is 1. The molecule has 6 rings (SSSR count). The number of rotatable bonds is 7. The fourth-order valence-corrected chi connectivity index (χ4v) is 5.58. The van der Waals surface area contributed by atoms with E-state index in [9.17, 15) is 12.8 Å². The van der Waals surface area contributed by atoms with Gasteiger partial charge in [0.25, 0.3) is 0 Å². The SMILES string of the molecule is CCC1C=C1c1ccc(-c2cnc(NCc3c(F)ccc4c3CCO4)n3cnc(S(C)(=O)=O)c23)cn1. The van der Waals surface area contributed by atoms with E-state index in [1.54, 1.807) is 22.9 Å². The molecule has 2 aliphatic rings. The summed E-state index contributed by atoms with van der Waals surface area (Å²) in [6, 6.07) is 6.89. The number of hydrogen-bond donors (Lipinski definition) is 1. The van der Waals surface area contributed by atoms with Gasteiger partial charge >= 0.3 is 0 Å². The van der Waals surface area contributed by atoms with Gasteiger partial charge in [-0.3, -0.25) is 9.38 Å². The quantitative estimate of drug-likeness (QED) is 0.400. The number of pyridine rings is 1. The summed E-state index contributed by atoms with van der Waals surface area (Å²) >= 11 is 0. The predicted octanol–water partition coefficient (Wildman–Crippen LogP) is 4.30. The van der Waals surface area contributed by atoms with E-state index in [1.807, 2.05) is 12.1 Å². The highest BCUT2D eigenvalue weighted by Crippen LogP contribution is 2.40. The Morgan fingerprint density at radius 1 is 1.17 bits per heavy atom. The molecule has 0 bridgehead atoms. The van der Waals surface area contributed by atoms with Crippen LogP contribution in [-0.2, 0) is 22.8 Å². The van der Waals surface area contributed by atoms with Crippen molar-refractivity contribution in [3.05, 3.63) is 71.7 Å². The van der Waals surface area contributed by atoms with Crippen molar-refractivity contribution >= 4 is 26.9 Å². The van der Waals surface area contributed by atoms with E-state index in [0.29, 0.717) is 47.3 Å². The Labute approximate surface area is 207 Å². The molecule has 0 saturated heterocycles. The van der Waals surface area contributed by atoms with Crippen LogP contribution in [0.2, 0.25) is 0 Å². The lowest BCUT2D eigenvalue weighted by atomic mass is 10.0. The maximum Gasteiger partial charge on any atom is 0.209 e. The number of halogens is 1. The van der Waals surface area contributed by atoms with Gasteiger partial charge in [-0.15, -0.1) is 0 Å². The smallest absolute Gasteiger partial charge is 0.209 e. The monoisotopic (exact) mass is 505 g/mol. The number of hydrogen-bond acceptors (Lipinski definition) is 7. The first-order valence-electron chi connectivity index (χ1n) is 11.8. The minimum atomic E-state index is -3.63. The highest BCUT2D eigenvalue weighted by molar-refractivity contribution is 7.90. The Kier molecular flexibility index (Phi) is 5.29. The Bertz CT molecular complexity index is 1640. The molecule has 3 aromatic heterocycles. The molecule has 8 nitrogen and oxygen atoms in total. The van der Waals surface area contributed by atoms with Crippen molar-refractivity contribution < 1.29 is 17.5 Å². The first kappa shape index (κ1) is 22.7. The van der Waals surface area contributed by atoms with Crippen molar-refractivity contribution in [3.63, 3.8) is 0 Å². The van der Waals surface area contributed by atoms with Crippen LogP contribution in [0.25, 0.3) is 22.2 Å². The van der Waals surface area contributed by atoms with Gasteiger partial charge < -0.3 is 10.1 Å². The third kappa shape index (κ3) is 3.81. The lowest BCUT2D eigenvalue weighted by Crippen LogP contribution is -2.10. The van der Waals surface area contributed by atoms with Crippen LogP contribution in [-0.4, -0.2) is 40.6 Å². The molecule has 1 aliphatic carbocycles. The van der Waals surface area contributed by atoms with Gasteiger partial charge in [-0.2, -0.15) is 0 Å². The Balaban J connectivity index is 1.39. The lowest BCUT2D eigenvalue weighted by Gasteiger charge is -2.14. The number of fused-ring (bicyclic) bond motifs is 2. The van der Waals surface area contributed by atoms with Gasteiger partial charge in [-0.1, -0.05) is 19.1 Å². The van der Waals surface area contributed by atoms with Crippen LogP contribution in [0.4, 0.5) is 10.3 Å². The fraction of sp³-hybridized carbons (Fsp3) is 0.269. The summed E-state index contributed by atoms with van der Waals surface area (Å²) in [7, 11) is -3.63. The Morgan fingerprint density at radius 2 is 2.03 bits per heavy atom. The second-order valence-corrected chi connectivity index (χ2v) is 11.0. The molecule has 4 aromatic rings. The van der Waals surface area contributed by atoms with E-state index >= 15 is 0 Å². The molecule has 0 radical (unpaired) electrons. The van der Waals surface area contributed by atoms with E-state index in [-0.39, 0.29) is 17.4 Å². The molecule has 1 unspecified atom stereocenters. The topological polar surface area (TPSA) is 98.5 Å². The zero-order chi connectivity index (χ0) is 25.0. The lowest BCUT2D eigenvalue weighted by molar-refractivity contribution is 0.356. The summed E-state index contributed by atoms with van der Waals surface area (Å²) in [5.74, 6) is 1.19. The second-order valence-electron chi connectivity index (χ2n) is 9.06. The number of anilines is 1. The molecular formula is C26H24FN5O3S. The zero-order valence-electron chi connectivity index (χ0n) is 19.8. The molecule has 1 aromatic carbocycles. The van der Waals surface area contributed by atoms with Gasteiger partial charge in [-0.05, 0) is 30.2 Å². The zero-order valence-corrected chi connectivity index (χ0v) is 20.6. The molecule has 0 fully saturated rings. The summed E-state index contributed by atoms with van der Waals surface area (Å²) < 4.78 is 46.9. The standard InChI is InChI=1S/C26H24FN5O3S/c1-3-15-10-18(15)22-6-4-16(11-28-22)19-12-29-26(32-14-31-25(24(19)32)36(2,33)34)30-13-20-17-8-9-35-23(17)7-5-21(20)27/h4-7,10-12,14-15H,3,8-9,13H2,1-2H3,(H,29,30). The average molecular weight is 506 g/mol. The first-order chi connectivity index (χ1) is 17.3. The van der Waals surface area contributed by atoms with Gasteiger partial charge in [0.1, 0.15) is 17.9 Å². The van der Waals surface area contributed by atoms with E-state index < -0.39 is 9.84 Å². The fourth-order valence-electron chi connectivity index (χ4n) is 4.78. The van der Waals surface area contributed by atoms with Crippen LogP contribution >= 0.6 is 0 Å². The number of aromatic nitrogens is 4. The molecule has 1 N–H and O–H groups in total. The highest BCUT2D eigenvalue weighted by Gasteiger charge is 2.26. The van der Waals surface area contributed by atoms with Crippen LogP contribution in [0.5, 0.6) is 5.75 Å². The Morgan fingerprint density at radius 3 is 2.75 bits per heavy atom. The van der Waals surface area contributed by atoms with E-state index in [1.165, 1.54) is 18.0 Å². The molecule has 4 heterocycles. The molecule has 0 spiro atoms. The normalized spacial score (nSPS) is 16.5. The van der Waals surface area contributed by atoms with Gasteiger partial charge in [0.05, 0.1) is 17.8 Å². The van der Waals surface area contributed by atoms with E-state index in [0.717, 1.165) is 29.5 Å². The highest BCUT2D eigenvalue weighted by atomic mass is 32.2. The minimum absolute atomic E-state index is 0.0526. The van der Waals surface area contributed by atoms with Crippen LogP contribution in [0.1, 0.15) is 30.2 Å². The van der Waals surface area contributed by atoms with Crippen molar-refractivity contribution in [2.24, 2.45) is 5.92 Å². The van der Waals surface area contributed by atoms with Gasteiger partial charge in [0.15, 0.2) is 14.9 Å². The molecule has 36 heavy (non-hydrogen) atoms. The number of allylic oxidation sites excluding steroid dienone is 2. The number of benzene rings is 1. The van der Waals surface area contributed by atoms with Crippen molar-refractivity contribution in [2.75, 3.05) is 18.2 Å². The van der Waals surface area contributed by atoms with Crippen molar-refractivity contribution in [3.8, 4) is 16.9 Å². The van der Waals surface area contributed by atoms with Gasteiger partial charge in [0.2, 0.25) is 5.95 Å². The van der Waals surface area contributed by atoms with E-state index in [4.69, 9.17) is 4.74 Å². The first-order valence-corrected chi connectivity index (χ1v) is 13.7. The Hall–Kier alpha value is -3.79.